The molecular weight excluding hydrogens is 362 g/mol. The third-order valence-corrected chi connectivity index (χ3v) is 6.11. The first kappa shape index (κ1) is 16.7. The number of nitrogens with zero attached hydrogens (tertiary/aromatic N) is 3. The van der Waals surface area contributed by atoms with Gasteiger partial charge in [-0.05, 0) is 25.1 Å². The van der Waals surface area contributed by atoms with E-state index in [1.54, 1.807) is 0 Å². The molecule has 0 aliphatic carbocycles. The number of fused-ring (bicyclic) bond motifs is 2. The van der Waals surface area contributed by atoms with Crippen molar-refractivity contribution in [2.24, 2.45) is 4.99 Å². The van der Waals surface area contributed by atoms with Crippen molar-refractivity contribution in [2.45, 2.75) is 31.2 Å². The van der Waals surface area contributed by atoms with Gasteiger partial charge in [-0.15, -0.1) is 0 Å². The summed E-state index contributed by atoms with van der Waals surface area (Å²) in [6.07, 6.45) is 1.83. The van der Waals surface area contributed by atoms with Gasteiger partial charge in [-0.2, -0.15) is 0 Å². The number of hydrogen-bond acceptors (Lipinski definition) is 7. The van der Waals surface area contributed by atoms with Crippen molar-refractivity contribution in [1.82, 2.24) is 9.88 Å². The van der Waals surface area contributed by atoms with Gasteiger partial charge in [-0.25, -0.2) is 0 Å². The summed E-state index contributed by atoms with van der Waals surface area (Å²) in [4.78, 5) is 12.0. The topological polar surface area (TPSA) is 56.2 Å². The lowest BCUT2D eigenvalue weighted by molar-refractivity contribution is 0.173. The van der Waals surface area contributed by atoms with Gasteiger partial charge in [0, 0.05) is 29.6 Å². The van der Waals surface area contributed by atoms with Crippen molar-refractivity contribution in [3.63, 3.8) is 0 Å². The number of pyridine rings is 1. The van der Waals surface area contributed by atoms with E-state index in [1.165, 1.54) is 0 Å². The van der Waals surface area contributed by atoms with Crippen molar-refractivity contribution >= 4 is 16.9 Å². The van der Waals surface area contributed by atoms with Crippen molar-refractivity contribution < 1.29 is 14.2 Å². The molecule has 1 saturated heterocycles. The van der Waals surface area contributed by atoms with E-state index in [9.17, 15) is 0 Å². The van der Waals surface area contributed by atoms with E-state index in [0.717, 1.165) is 40.2 Å². The maximum atomic E-state index is 5.99. The molecule has 3 atom stereocenters. The molecule has 0 saturated carbocycles. The first-order valence-corrected chi connectivity index (χ1v) is 10.1. The van der Waals surface area contributed by atoms with E-state index in [-0.39, 0.29) is 18.9 Å². The molecule has 3 aliphatic heterocycles. The molecule has 0 bridgehead atoms. The molecule has 0 spiro atoms. The fraction of sp³-hybridized carbons (Fsp3) is 0.400. The molecule has 2 aromatic rings. The molecule has 0 amide bonds. The fourth-order valence-corrected chi connectivity index (χ4v) is 5.00. The summed E-state index contributed by atoms with van der Waals surface area (Å²) in [5.41, 5.74) is 2.04. The van der Waals surface area contributed by atoms with Gasteiger partial charge in [0.15, 0.2) is 16.7 Å². The van der Waals surface area contributed by atoms with Crippen LogP contribution in [0.5, 0.6) is 17.2 Å². The average Bonchev–Trinajstić information content (AvgIpc) is 3.35. The summed E-state index contributed by atoms with van der Waals surface area (Å²) in [5, 5.41) is 1.60. The summed E-state index contributed by atoms with van der Waals surface area (Å²) >= 11 is 1.83. The third kappa shape index (κ3) is 2.81. The molecule has 140 valence electrons. The zero-order valence-electron chi connectivity index (χ0n) is 15.3. The van der Waals surface area contributed by atoms with Crippen LogP contribution in [-0.4, -0.2) is 40.2 Å². The number of amidine groups is 1. The molecule has 7 heteroatoms. The van der Waals surface area contributed by atoms with Gasteiger partial charge in [-0.3, -0.25) is 9.98 Å². The van der Waals surface area contributed by atoms with Crippen molar-refractivity contribution in [1.29, 1.82) is 0 Å². The molecule has 1 aromatic heterocycles. The Morgan fingerprint density at radius 3 is 2.89 bits per heavy atom. The molecule has 0 N–H and O–H groups in total. The highest BCUT2D eigenvalue weighted by Gasteiger charge is 2.45. The van der Waals surface area contributed by atoms with Gasteiger partial charge < -0.3 is 19.1 Å². The van der Waals surface area contributed by atoms with E-state index in [4.69, 9.17) is 19.2 Å². The summed E-state index contributed by atoms with van der Waals surface area (Å²) < 4.78 is 17.2. The summed E-state index contributed by atoms with van der Waals surface area (Å²) in [6.45, 7) is 6.03. The molecule has 1 aromatic carbocycles. The Morgan fingerprint density at radius 2 is 2.11 bits per heavy atom. The third-order valence-electron chi connectivity index (χ3n) is 5.00. The van der Waals surface area contributed by atoms with Crippen LogP contribution in [0.4, 0.5) is 0 Å². The molecular formula is C20H21N3O3S. The number of rotatable bonds is 4. The van der Waals surface area contributed by atoms with Crippen LogP contribution in [-0.2, 0) is 0 Å². The number of hydrogen-bond donors (Lipinski definition) is 0. The maximum absolute atomic E-state index is 5.99. The summed E-state index contributed by atoms with van der Waals surface area (Å²) in [7, 11) is 0. The van der Waals surface area contributed by atoms with Crippen LogP contribution in [0.3, 0.4) is 0 Å². The Hall–Kier alpha value is -2.41. The second kappa shape index (κ2) is 6.64. The minimum atomic E-state index is -0.0687. The zero-order valence-corrected chi connectivity index (χ0v) is 16.1. The first-order valence-electron chi connectivity index (χ1n) is 9.23. The highest BCUT2D eigenvalue weighted by atomic mass is 32.2. The van der Waals surface area contributed by atoms with Gasteiger partial charge in [0.1, 0.15) is 11.8 Å². The molecule has 3 aliphatic rings. The van der Waals surface area contributed by atoms with Crippen molar-refractivity contribution in [3.8, 4) is 17.2 Å². The van der Waals surface area contributed by atoms with Crippen LogP contribution in [0.1, 0.15) is 37.2 Å². The molecule has 4 heterocycles. The van der Waals surface area contributed by atoms with Crippen LogP contribution in [0.25, 0.3) is 0 Å². The van der Waals surface area contributed by atoms with Crippen LogP contribution in [0, 0.1) is 0 Å². The van der Waals surface area contributed by atoms with Gasteiger partial charge in [0.2, 0.25) is 6.79 Å². The number of benzene rings is 1. The molecule has 1 fully saturated rings. The molecule has 6 nitrogen and oxygen atoms in total. The van der Waals surface area contributed by atoms with E-state index in [1.807, 2.05) is 49.1 Å². The molecule has 0 unspecified atom stereocenters. The van der Waals surface area contributed by atoms with Gasteiger partial charge in [0.05, 0.1) is 18.3 Å². The lowest BCUT2D eigenvalue weighted by Crippen LogP contribution is -2.29. The predicted octanol–water partition coefficient (Wildman–Crippen LogP) is 3.80. The predicted molar refractivity (Wildman–Crippen MR) is 105 cm³/mol. The Bertz CT molecular complexity index is 890. The second-order valence-electron chi connectivity index (χ2n) is 6.81. The lowest BCUT2D eigenvalue weighted by Gasteiger charge is -2.29. The van der Waals surface area contributed by atoms with E-state index in [0.29, 0.717) is 11.9 Å². The standard InChI is InChI=1S/C20H21N3O3S/c1-3-24-15-9-17-16(25-11-26-17)8-13(15)19-18(14-6-4-5-7-21-14)22-20-23(19)10-12(2)27-20/h4-9,12,18-19H,3,10-11H2,1-2H3/t12-,18-,19-/m1/s1. The quantitative estimate of drug-likeness (QED) is 0.801. The van der Waals surface area contributed by atoms with Crippen LogP contribution < -0.4 is 14.2 Å². The number of aromatic nitrogens is 1. The minimum Gasteiger partial charge on any atom is -0.493 e. The van der Waals surface area contributed by atoms with Gasteiger partial charge >= 0.3 is 0 Å². The first-order chi connectivity index (χ1) is 13.2. The maximum Gasteiger partial charge on any atom is 0.231 e. The Morgan fingerprint density at radius 1 is 1.26 bits per heavy atom. The van der Waals surface area contributed by atoms with E-state index < -0.39 is 0 Å². The van der Waals surface area contributed by atoms with Gasteiger partial charge in [-0.1, -0.05) is 24.8 Å². The monoisotopic (exact) mass is 383 g/mol. The van der Waals surface area contributed by atoms with E-state index in [2.05, 4.69) is 22.9 Å². The Kier molecular flexibility index (Phi) is 4.11. The normalized spacial score (nSPS) is 25.5. The van der Waals surface area contributed by atoms with E-state index >= 15 is 0 Å². The number of ether oxygens (including phenoxy) is 3. The van der Waals surface area contributed by atoms with Crippen LogP contribution >= 0.6 is 11.8 Å². The highest BCUT2D eigenvalue weighted by molar-refractivity contribution is 8.14. The molecule has 27 heavy (non-hydrogen) atoms. The Balaban J connectivity index is 1.63. The Labute approximate surface area is 162 Å². The average molecular weight is 383 g/mol. The smallest absolute Gasteiger partial charge is 0.231 e. The lowest BCUT2D eigenvalue weighted by atomic mass is 9.95. The minimum absolute atomic E-state index is 0.0309. The number of aliphatic imine (C=N–C) groups is 1. The van der Waals surface area contributed by atoms with Crippen molar-refractivity contribution in [3.05, 3.63) is 47.8 Å². The van der Waals surface area contributed by atoms with Crippen LogP contribution in [0.2, 0.25) is 0 Å². The SMILES string of the molecule is CCOc1cc2c(cc1[C@@H]1[C@@H](c3ccccn3)N=C3S[C@H](C)CN31)OCO2. The largest absolute Gasteiger partial charge is 0.493 e. The molecule has 5 rings (SSSR count). The summed E-state index contributed by atoms with van der Waals surface area (Å²) in [6, 6.07) is 9.96. The van der Waals surface area contributed by atoms with Crippen LogP contribution in [0.15, 0.2) is 41.5 Å². The zero-order chi connectivity index (χ0) is 18.4. The highest BCUT2D eigenvalue weighted by Crippen LogP contribution is 2.51. The summed E-state index contributed by atoms with van der Waals surface area (Å²) in [5.74, 6) is 2.33. The fourth-order valence-electron chi connectivity index (χ4n) is 3.90. The van der Waals surface area contributed by atoms with Gasteiger partial charge in [0.25, 0.3) is 0 Å². The molecule has 0 radical (unpaired) electrons. The number of thioether (sulfide) groups is 1. The van der Waals surface area contributed by atoms with Crippen molar-refractivity contribution in [2.75, 3.05) is 19.9 Å². The second-order valence-corrected chi connectivity index (χ2v) is 8.22.